The van der Waals surface area contributed by atoms with E-state index in [4.69, 9.17) is 0 Å². The molecule has 0 aliphatic rings. The first kappa shape index (κ1) is 17.0. The number of nitrogens with one attached hydrogen (secondary N) is 2. The summed E-state index contributed by atoms with van der Waals surface area (Å²) in [7, 11) is 0. The molecule has 0 aliphatic heterocycles. The van der Waals surface area contributed by atoms with E-state index in [0.717, 1.165) is 11.1 Å². The smallest absolute Gasteiger partial charge is 0.326 e. The van der Waals surface area contributed by atoms with Gasteiger partial charge in [0, 0.05) is 0 Å². The van der Waals surface area contributed by atoms with Crippen molar-refractivity contribution < 1.29 is 14.7 Å². The van der Waals surface area contributed by atoms with Gasteiger partial charge in [0.25, 0.3) is 0 Å². The van der Waals surface area contributed by atoms with Crippen molar-refractivity contribution in [3.05, 3.63) is 35.4 Å². The number of urea groups is 1. The van der Waals surface area contributed by atoms with Crippen molar-refractivity contribution in [2.45, 2.75) is 46.7 Å². The summed E-state index contributed by atoms with van der Waals surface area (Å²) in [4.78, 5) is 23.2. The van der Waals surface area contributed by atoms with Gasteiger partial charge in [0.05, 0.1) is 6.04 Å². The predicted molar refractivity (Wildman–Crippen MR) is 82.1 cm³/mol. The molecule has 1 rings (SSSR count). The van der Waals surface area contributed by atoms with Crippen molar-refractivity contribution in [2.24, 2.45) is 5.41 Å². The van der Waals surface area contributed by atoms with Crippen molar-refractivity contribution >= 4 is 12.0 Å². The lowest BCUT2D eigenvalue weighted by Gasteiger charge is -2.28. The van der Waals surface area contributed by atoms with Gasteiger partial charge in [0.2, 0.25) is 0 Å². The maximum absolute atomic E-state index is 12.0. The Morgan fingerprint density at radius 2 is 1.62 bits per heavy atom. The van der Waals surface area contributed by atoms with Gasteiger partial charge in [-0.05, 0) is 24.8 Å². The van der Waals surface area contributed by atoms with Gasteiger partial charge >= 0.3 is 12.0 Å². The van der Waals surface area contributed by atoms with E-state index < -0.39 is 23.5 Å². The predicted octanol–water partition coefficient (Wildman–Crippen LogP) is 2.85. The minimum atomic E-state index is -1.04. The quantitative estimate of drug-likeness (QED) is 0.798. The highest BCUT2D eigenvalue weighted by Gasteiger charge is 2.32. The van der Waals surface area contributed by atoms with E-state index in [1.165, 1.54) is 0 Å². The molecule has 0 aromatic heterocycles. The first-order valence-electron chi connectivity index (χ1n) is 6.97. The van der Waals surface area contributed by atoms with Crippen LogP contribution in [0.1, 0.15) is 44.9 Å². The lowest BCUT2D eigenvalue weighted by molar-refractivity contribution is -0.141. The summed E-state index contributed by atoms with van der Waals surface area (Å²) >= 11 is 0. The van der Waals surface area contributed by atoms with Crippen molar-refractivity contribution in [3.63, 3.8) is 0 Å². The van der Waals surface area contributed by atoms with Crippen LogP contribution in [0.15, 0.2) is 24.3 Å². The molecule has 116 valence electrons. The van der Waals surface area contributed by atoms with Crippen molar-refractivity contribution in [1.29, 1.82) is 0 Å². The highest BCUT2D eigenvalue weighted by molar-refractivity contribution is 5.83. The molecule has 2 atom stereocenters. The Hall–Kier alpha value is -2.04. The second kappa shape index (κ2) is 6.61. The summed E-state index contributed by atoms with van der Waals surface area (Å²) in [5, 5.41) is 14.5. The number of carbonyl (C=O) groups is 2. The SMILES string of the molecule is Cc1ccc(C(C)NC(=O)N[C@@H](C(=O)O)C(C)(C)C)cc1. The minimum absolute atomic E-state index is 0.194. The molecule has 1 unspecified atom stereocenters. The van der Waals surface area contributed by atoms with Crippen molar-refractivity contribution in [1.82, 2.24) is 10.6 Å². The van der Waals surface area contributed by atoms with Gasteiger partial charge in [-0.1, -0.05) is 50.6 Å². The molecule has 5 heteroatoms. The van der Waals surface area contributed by atoms with Crippen LogP contribution < -0.4 is 10.6 Å². The van der Waals surface area contributed by atoms with E-state index >= 15 is 0 Å². The van der Waals surface area contributed by atoms with Crippen molar-refractivity contribution in [2.75, 3.05) is 0 Å². The monoisotopic (exact) mass is 292 g/mol. The summed E-state index contributed by atoms with van der Waals surface area (Å²) in [6, 6.07) is 6.21. The molecule has 21 heavy (non-hydrogen) atoms. The number of aryl methyl sites for hydroxylation is 1. The largest absolute Gasteiger partial charge is 0.480 e. The van der Waals surface area contributed by atoms with Gasteiger partial charge in [0.15, 0.2) is 0 Å². The zero-order chi connectivity index (χ0) is 16.2. The third-order valence-corrected chi connectivity index (χ3v) is 3.31. The molecule has 0 saturated carbocycles. The standard InChI is InChI=1S/C16H24N2O3/c1-10-6-8-12(9-7-10)11(2)17-15(21)18-13(14(19)20)16(3,4)5/h6-9,11,13H,1-5H3,(H,19,20)(H2,17,18,21)/t11?,13-/m0/s1. The van der Waals surface area contributed by atoms with Crippen LogP contribution in [0.2, 0.25) is 0 Å². The number of aliphatic carboxylic acids is 1. The van der Waals surface area contributed by atoms with Crippen LogP contribution in [0.4, 0.5) is 4.79 Å². The van der Waals surface area contributed by atoms with Gasteiger partial charge in [0.1, 0.15) is 6.04 Å². The van der Waals surface area contributed by atoms with Crippen LogP contribution in [-0.2, 0) is 4.79 Å². The molecule has 0 bridgehead atoms. The van der Waals surface area contributed by atoms with Gasteiger partial charge < -0.3 is 15.7 Å². The molecule has 0 radical (unpaired) electrons. The molecule has 0 spiro atoms. The molecule has 0 aliphatic carbocycles. The Labute approximate surface area is 125 Å². The van der Waals surface area contributed by atoms with E-state index in [2.05, 4.69) is 10.6 Å². The Balaban J connectivity index is 2.68. The lowest BCUT2D eigenvalue weighted by atomic mass is 9.87. The summed E-state index contributed by atoms with van der Waals surface area (Å²) in [5.74, 6) is -1.04. The molecular formula is C16H24N2O3. The molecule has 0 fully saturated rings. The third-order valence-electron chi connectivity index (χ3n) is 3.31. The van der Waals surface area contributed by atoms with E-state index in [1.807, 2.05) is 38.1 Å². The Morgan fingerprint density at radius 3 is 2.05 bits per heavy atom. The second-order valence-electron chi connectivity index (χ2n) is 6.39. The first-order chi connectivity index (χ1) is 9.61. The van der Waals surface area contributed by atoms with E-state index in [-0.39, 0.29) is 6.04 Å². The molecular weight excluding hydrogens is 268 g/mol. The molecule has 3 N–H and O–H groups in total. The Morgan fingerprint density at radius 1 is 1.10 bits per heavy atom. The van der Waals surface area contributed by atoms with Crippen LogP contribution in [0.5, 0.6) is 0 Å². The number of benzene rings is 1. The number of carbonyl (C=O) groups excluding carboxylic acids is 1. The Kier molecular flexibility index (Phi) is 5.35. The van der Waals surface area contributed by atoms with Crippen LogP contribution >= 0.6 is 0 Å². The molecule has 1 aromatic rings. The first-order valence-corrected chi connectivity index (χ1v) is 6.97. The number of rotatable bonds is 4. The number of carboxylic acid groups (broad SMARTS) is 1. The van der Waals surface area contributed by atoms with Gasteiger partial charge in [-0.3, -0.25) is 0 Å². The van der Waals surface area contributed by atoms with Crippen LogP contribution in [-0.4, -0.2) is 23.1 Å². The fraction of sp³-hybridized carbons (Fsp3) is 0.500. The number of carboxylic acids is 1. The highest BCUT2D eigenvalue weighted by atomic mass is 16.4. The zero-order valence-electron chi connectivity index (χ0n) is 13.2. The molecule has 0 saturated heterocycles. The summed E-state index contributed by atoms with van der Waals surface area (Å²) in [6.07, 6.45) is 0. The third kappa shape index (κ3) is 5.10. The lowest BCUT2D eigenvalue weighted by Crippen LogP contribution is -2.52. The molecule has 5 nitrogen and oxygen atoms in total. The number of hydrogen-bond acceptors (Lipinski definition) is 2. The van der Waals surface area contributed by atoms with Crippen molar-refractivity contribution in [3.8, 4) is 0 Å². The topological polar surface area (TPSA) is 78.4 Å². The maximum atomic E-state index is 12.0. The van der Waals surface area contributed by atoms with E-state index in [1.54, 1.807) is 20.8 Å². The van der Waals surface area contributed by atoms with Gasteiger partial charge in [-0.2, -0.15) is 0 Å². The number of hydrogen-bond donors (Lipinski definition) is 3. The molecule has 1 aromatic carbocycles. The van der Waals surface area contributed by atoms with Gasteiger partial charge in [-0.25, -0.2) is 9.59 Å². The number of amides is 2. The Bertz CT molecular complexity index is 503. The maximum Gasteiger partial charge on any atom is 0.326 e. The van der Waals surface area contributed by atoms with Crippen LogP contribution in [0, 0.1) is 12.3 Å². The second-order valence-corrected chi connectivity index (χ2v) is 6.39. The minimum Gasteiger partial charge on any atom is -0.480 e. The molecule has 0 heterocycles. The highest BCUT2D eigenvalue weighted by Crippen LogP contribution is 2.19. The van der Waals surface area contributed by atoms with E-state index in [9.17, 15) is 14.7 Å². The summed E-state index contributed by atoms with van der Waals surface area (Å²) < 4.78 is 0. The van der Waals surface area contributed by atoms with E-state index in [0.29, 0.717) is 0 Å². The van der Waals surface area contributed by atoms with Crippen LogP contribution in [0.25, 0.3) is 0 Å². The average Bonchev–Trinajstić information content (AvgIpc) is 2.35. The van der Waals surface area contributed by atoms with Crippen LogP contribution in [0.3, 0.4) is 0 Å². The fourth-order valence-corrected chi connectivity index (χ4v) is 1.96. The molecule has 2 amide bonds. The summed E-state index contributed by atoms with van der Waals surface area (Å²) in [6.45, 7) is 9.17. The normalized spacial score (nSPS) is 14.1. The fourth-order valence-electron chi connectivity index (χ4n) is 1.96. The zero-order valence-corrected chi connectivity index (χ0v) is 13.2. The summed E-state index contributed by atoms with van der Waals surface area (Å²) in [5.41, 5.74) is 1.56. The van der Waals surface area contributed by atoms with Gasteiger partial charge in [-0.15, -0.1) is 0 Å². The average molecular weight is 292 g/mol.